The Morgan fingerprint density at radius 1 is 1.00 bits per heavy atom. The second-order valence-corrected chi connectivity index (χ2v) is 10.7. The molecular formula is C32H30N2O5S. The Labute approximate surface area is 236 Å². The number of aromatic nitrogens is 1. The zero-order valence-electron chi connectivity index (χ0n) is 22.8. The number of rotatable bonds is 8. The molecule has 0 saturated heterocycles. The highest BCUT2D eigenvalue weighted by atomic mass is 32.1. The molecule has 0 saturated carbocycles. The van der Waals surface area contributed by atoms with Gasteiger partial charge >= 0.3 is 5.97 Å². The van der Waals surface area contributed by atoms with Gasteiger partial charge in [0.15, 0.2) is 4.80 Å². The van der Waals surface area contributed by atoms with E-state index in [0.29, 0.717) is 27.2 Å². The molecule has 0 N–H and O–H groups in total. The number of ether oxygens (including phenoxy) is 3. The zero-order valence-corrected chi connectivity index (χ0v) is 23.6. The van der Waals surface area contributed by atoms with Gasteiger partial charge in [-0.15, -0.1) is 0 Å². The van der Waals surface area contributed by atoms with Crippen molar-refractivity contribution >= 4 is 23.4 Å². The molecule has 7 nitrogen and oxygen atoms in total. The molecule has 8 heteroatoms. The Kier molecular flexibility index (Phi) is 7.98. The number of hydrogen-bond donors (Lipinski definition) is 0. The van der Waals surface area contributed by atoms with E-state index in [1.807, 2.05) is 84.9 Å². The average Bonchev–Trinajstić information content (AvgIpc) is 3.26. The van der Waals surface area contributed by atoms with Crippen LogP contribution < -0.4 is 24.4 Å². The highest BCUT2D eigenvalue weighted by Crippen LogP contribution is 2.30. The minimum Gasteiger partial charge on any atom is -0.497 e. The van der Waals surface area contributed by atoms with Crippen LogP contribution in [0.1, 0.15) is 43.5 Å². The van der Waals surface area contributed by atoms with Gasteiger partial charge in [0.05, 0.1) is 35.1 Å². The maximum atomic E-state index is 13.7. The third kappa shape index (κ3) is 5.77. The van der Waals surface area contributed by atoms with Crippen LogP contribution in [0.3, 0.4) is 0 Å². The Hall–Kier alpha value is -4.43. The van der Waals surface area contributed by atoms with Gasteiger partial charge < -0.3 is 14.2 Å². The van der Waals surface area contributed by atoms with Gasteiger partial charge in [-0.3, -0.25) is 9.36 Å². The van der Waals surface area contributed by atoms with Crippen LogP contribution in [0.5, 0.6) is 11.5 Å². The molecule has 4 aromatic rings. The maximum absolute atomic E-state index is 13.7. The Morgan fingerprint density at radius 2 is 1.68 bits per heavy atom. The van der Waals surface area contributed by atoms with E-state index < -0.39 is 12.0 Å². The van der Waals surface area contributed by atoms with E-state index in [1.165, 1.54) is 11.3 Å². The molecule has 2 heterocycles. The lowest BCUT2D eigenvalue weighted by Gasteiger charge is -2.25. The van der Waals surface area contributed by atoms with Crippen LogP contribution in [0.4, 0.5) is 0 Å². The van der Waals surface area contributed by atoms with Crippen LogP contribution in [0, 0.1) is 0 Å². The monoisotopic (exact) mass is 554 g/mol. The van der Waals surface area contributed by atoms with Crippen LogP contribution in [-0.4, -0.2) is 23.8 Å². The quantitative estimate of drug-likeness (QED) is 0.293. The first-order valence-electron chi connectivity index (χ1n) is 13.0. The van der Waals surface area contributed by atoms with E-state index in [4.69, 9.17) is 14.2 Å². The minimum atomic E-state index is -0.625. The number of allylic oxidation sites excluding steroid dienone is 1. The molecule has 0 amide bonds. The first kappa shape index (κ1) is 27.1. The van der Waals surface area contributed by atoms with Crippen molar-refractivity contribution in [3.63, 3.8) is 0 Å². The number of hydrogen-bond acceptors (Lipinski definition) is 7. The van der Waals surface area contributed by atoms with Gasteiger partial charge in [-0.25, -0.2) is 9.79 Å². The second-order valence-electron chi connectivity index (χ2n) is 9.65. The molecule has 204 valence electrons. The van der Waals surface area contributed by atoms with Crippen molar-refractivity contribution in [1.29, 1.82) is 0 Å². The molecule has 1 aromatic heterocycles. The first-order valence-corrected chi connectivity index (χ1v) is 13.8. The van der Waals surface area contributed by atoms with Crippen molar-refractivity contribution in [2.45, 2.75) is 39.5 Å². The van der Waals surface area contributed by atoms with Gasteiger partial charge in [-0.1, -0.05) is 65.9 Å². The van der Waals surface area contributed by atoms with Crippen LogP contribution in [0.2, 0.25) is 0 Å². The standard InChI is InChI=1S/C32H30N2O5S/c1-20(2)39-31(36)28-21(3)33-32-34(29(28)24-8-6-5-7-9-24)30(35)27(40-32)18-22-10-16-26(17-11-22)38-19-23-12-14-25(37-4)15-13-23/h5-18,20,29H,19H2,1-4H3. The summed E-state index contributed by atoms with van der Waals surface area (Å²) in [6.45, 7) is 5.82. The minimum absolute atomic E-state index is 0.209. The lowest BCUT2D eigenvalue weighted by atomic mass is 9.96. The third-order valence-electron chi connectivity index (χ3n) is 6.44. The Morgan fingerprint density at radius 3 is 2.33 bits per heavy atom. The summed E-state index contributed by atoms with van der Waals surface area (Å²) in [4.78, 5) is 32.1. The Bertz CT molecular complexity index is 1720. The summed E-state index contributed by atoms with van der Waals surface area (Å²) in [5.41, 5.74) is 3.42. The van der Waals surface area contributed by atoms with Crippen LogP contribution in [0.25, 0.3) is 6.08 Å². The highest BCUT2D eigenvalue weighted by molar-refractivity contribution is 7.07. The van der Waals surface area contributed by atoms with Gasteiger partial charge in [0, 0.05) is 0 Å². The van der Waals surface area contributed by atoms with Crippen molar-refractivity contribution in [3.05, 3.63) is 127 Å². The first-order chi connectivity index (χ1) is 19.3. The van der Waals surface area contributed by atoms with E-state index in [9.17, 15) is 9.59 Å². The van der Waals surface area contributed by atoms with Crippen molar-refractivity contribution in [2.75, 3.05) is 7.11 Å². The number of carbonyl (C=O) groups is 1. The molecule has 3 aromatic carbocycles. The molecule has 0 fully saturated rings. The van der Waals surface area contributed by atoms with Gasteiger partial charge in [-0.05, 0) is 67.8 Å². The fraction of sp³-hybridized carbons (Fsp3) is 0.219. The van der Waals surface area contributed by atoms with E-state index in [0.717, 1.165) is 28.2 Å². The summed E-state index contributed by atoms with van der Waals surface area (Å²) >= 11 is 1.30. The maximum Gasteiger partial charge on any atom is 0.338 e. The number of fused-ring (bicyclic) bond motifs is 1. The highest BCUT2D eigenvalue weighted by Gasteiger charge is 2.33. The van der Waals surface area contributed by atoms with Gasteiger partial charge in [0.25, 0.3) is 5.56 Å². The lowest BCUT2D eigenvalue weighted by Crippen LogP contribution is -2.40. The van der Waals surface area contributed by atoms with Crippen molar-refractivity contribution in [2.24, 2.45) is 4.99 Å². The van der Waals surface area contributed by atoms with E-state index in [2.05, 4.69) is 4.99 Å². The molecule has 1 aliphatic rings. The number of carbonyl (C=O) groups excluding carboxylic acids is 1. The predicted molar refractivity (Wildman–Crippen MR) is 155 cm³/mol. The van der Waals surface area contributed by atoms with Crippen LogP contribution >= 0.6 is 11.3 Å². The van der Waals surface area contributed by atoms with Crippen LogP contribution in [0.15, 0.2) is 99.9 Å². The summed E-state index contributed by atoms with van der Waals surface area (Å²) in [5, 5.41) is 0. The molecule has 0 radical (unpaired) electrons. The molecule has 1 atom stereocenters. The molecule has 0 bridgehead atoms. The summed E-state index contributed by atoms with van der Waals surface area (Å²) in [5.74, 6) is 1.06. The van der Waals surface area contributed by atoms with Crippen molar-refractivity contribution < 1.29 is 19.0 Å². The molecule has 5 rings (SSSR count). The summed E-state index contributed by atoms with van der Waals surface area (Å²) in [6.07, 6.45) is 1.54. The van der Waals surface area contributed by atoms with E-state index in [1.54, 1.807) is 32.4 Å². The fourth-order valence-electron chi connectivity index (χ4n) is 4.51. The van der Waals surface area contributed by atoms with Gasteiger partial charge in [0.2, 0.25) is 0 Å². The topological polar surface area (TPSA) is 79.1 Å². The SMILES string of the molecule is COc1ccc(COc2ccc(C=c3sc4n(c3=O)C(c3ccccc3)C(C(=O)OC(C)C)=C(C)N=4)cc2)cc1. The molecule has 1 aliphatic heterocycles. The number of methoxy groups -OCH3 is 1. The largest absolute Gasteiger partial charge is 0.497 e. The zero-order chi connectivity index (χ0) is 28.2. The average molecular weight is 555 g/mol. The fourth-order valence-corrected chi connectivity index (χ4v) is 5.56. The van der Waals surface area contributed by atoms with Crippen molar-refractivity contribution in [3.8, 4) is 11.5 Å². The number of nitrogens with zero attached hydrogens (tertiary/aromatic N) is 2. The summed E-state index contributed by atoms with van der Waals surface area (Å²) < 4.78 is 18.8. The lowest BCUT2D eigenvalue weighted by molar-refractivity contribution is -0.143. The molecular weight excluding hydrogens is 524 g/mol. The van der Waals surface area contributed by atoms with E-state index in [-0.39, 0.29) is 11.7 Å². The normalized spacial score (nSPS) is 15.0. The number of benzene rings is 3. The van der Waals surface area contributed by atoms with E-state index >= 15 is 0 Å². The smallest absolute Gasteiger partial charge is 0.338 e. The number of esters is 1. The summed E-state index contributed by atoms with van der Waals surface area (Å²) in [7, 11) is 1.64. The second kappa shape index (κ2) is 11.8. The van der Waals surface area contributed by atoms with Gasteiger partial charge in [-0.2, -0.15) is 0 Å². The molecule has 40 heavy (non-hydrogen) atoms. The molecule has 0 spiro atoms. The molecule has 1 unspecified atom stereocenters. The number of thiazole rings is 1. The Balaban J connectivity index is 1.45. The summed E-state index contributed by atoms with van der Waals surface area (Å²) in [6, 6.07) is 24.2. The van der Waals surface area contributed by atoms with Crippen LogP contribution in [-0.2, 0) is 16.1 Å². The van der Waals surface area contributed by atoms with Gasteiger partial charge in [0.1, 0.15) is 18.1 Å². The molecule has 0 aliphatic carbocycles. The van der Waals surface area contributed by atoms with Crippen molar-refractivity contribution in [1.82, 2.24) is 4.57 Å². The third-order valence-corrected chi connectivity index (χ3v) is 7.43. The predicted octanol–water partition coefficient (Wildman–Crippen LogP) is 4.77.